The van der Waals surface area contributed by atoms with Crippen LogP contribution in [-0.4, -0.2) is 39.8 Å². The zero-order valence-electron chi connectivity index (χ0n) is 15.1. The third-order valence-corrected chi connectivity index (χ3v) is 5.44. The second-order valence-electron chi connectivity index (χ2n) is 5.88. The Morgan fingerprint density at radius 2 is 1.88 bits per heavy atom. The van der Waals surface area contributed by atoms with Gasteiger partial charge in [0.05, 0.1) is 0 Å². The summed E-state index contributed by atoms with van der Waals surface area (Å²) in [5, 5.41) is 0.794. The van der Waals surface area contributed by atoms with Gasteiger partial charge in [0.25, 0.3) is 0 Å². The number of aromatic nitrogens is 4. The maximum atomic E-state index is 5.52. The minimum atomic E-state index is 0.278. The summed E-state index contributed by atoms with van der Waals surface area (Å²) in [5.41, 5.74) is 2.76. The molecule has 1 aromatic carbocycles. The second-order valence-corrected chi connectivity index (χ2v) is 6.91. The second kappa shape index (κ2) is 7.03. The summed E-state index contributed by atoms with van der Waals surface area (Å²) >= 11 is 1.58. The first kappa shape index (κ1) is 17.0. The molecule has 0 saturated carbocycles. The highest BCUT2D eigenvalue weighted by Gasteiger charge is 2.19. The lowest BCUT2D eigenvalue weighted by Crippen LogP contribution is -2.23. The van der Waals surface area contributed by atoms with Crippen LogP contribution in [0, 0.1) is 0 Å². The molecule has 1 aliphatic rings. The predicted molar refractivity (Wildman–Crippen MR) is 101 cm³/mol. The number of imidazole rings is 1. The maximum absolute atomic E-state index is 5.52. The summed E-state index contributed by atoms with van der Waals surface area (Å²) in [4.78, 5) is 20.1. The van der Waals surface area contributed by atoms with Gasteiger partial charge in [0, 0.05) is 18.0 Å². The van der Waals surface area contributed by atoms with Crippen LogP contribution >= 0.6 is 11.8 Å². The molecule has 0 saturated heterocycles. The van der Waals surface area contributed by atoms with Gasteiger partial charge in [-0.1, -0.05) is 18.7 Å². The number of H-pyrrole nitrogens is 1. The van der Waals surface area contributed by atoms with Gasteiger partial charge in [-0.15, -0.1) is 0 Å². The van der Waals surface area contributed by atoms with E-state index in [-0.39, 0.29) is 6.79 Å². The molecule has 26 heavy (non-hydrogen) atoms. The Balaban J connectivity index is 1.71. The number of aryl methyl sites for hydroxylation is 1. The Morgan fingerprint density at radius 3 is 2.62 bits per heavy atom. The molecule has 0 bridgehead atoms. The lowest BCUT2D eigenvalue weighted by molar-refractivity contribution is 0.174. The largest absolute Gasteiger partial charge is 0.454 e. The Hall–Kier alpha value is -2.48. The van der Waals surface area contributed by atoms with Crippen LogP contribution in [0.2, 0.25) is 0 Å². The highest BCUT2D eigenvalue weighted by Crippen LogP contribution is 2.40. The molecule has 0 amide bonds. The number of nitrogens with zero attached hydrogens (tertiary/aromatic N) is 4. The summed E-state index contributed by atoms with van der Waals surface area (Å²) in [6.07, 6.45) is 2.48. The monoisotopic (exact) mass is 371 g/mol. The van der Waals surface area contributed by atoms with E-state index in [9.17, 15) is 0 Å². The van der Waals surface area contributed by atoms with Crippen molar-refractivity contribution in [3.8, 4) is 11.5 Å². The molecule has 3 heterocycles. The normalized spacial score (nSPS) is 12.7. The molecule has 0 radical (unpaired) electrons. The number of hydrogen-bond donors (Lipinski definition) is 1. The lowest BCUT2D eigenvalue weighted by Gasteiger charge is -2.19. The maximum Gasteiger partial charge on any atom is 0.231 e. The van der Waals surface area contributed by atoms with E-state index in [1.807, 2.05) is 6.07 Å². The van der Waals surface area contributed by atoms with Crippen LogP contribution in [-0.2, 0) is 6.42 Å². The number of ether oxygens (including phenoxy) is 2. The molecular weight excluding hydrogens is 350 g/mol. The molecule has 0 spiro atoms. The van der Waals surface area contributed by atoms with E-state index in [4.69, 9.17) is 9.47 Å². The van der Waals surface area contributed by atoms with E-state index in [0.29, 0.717) is 5.65 Å². The summed E-state index contributed by atoms with van der Waals surface area (Å²) in [6.45, 7) is 8.40. The van der Waals surface area contributed by atoms with Gasteiger partial charge in [0.1, 0.15) is 11.8 Å². The van der Waals surface area contributed by atoms with Crippen molar-refractivity contribution >= 4 is 28.7 Å². The fourth-order valence-electron chi connectivity index (χ4n) is 3.05. The van der Waals surface area contributed by atoms with Gasteiger partial charge in [0.2, 0.25) is 6.79 Å². The van der Waals surface area contributed by atoms with Crippen molar-refractivity contribution < 1.29 is 9.47 Å². The van der Waals surface area contributed by atoms with Crippen molar-refractivity contribution in [1.82, 2.24) is 19.9 Å². The van der Waals surface area contributed by atoms with Crippen molar-refractivity contribution in [2.24, 2.45) is 0 Å². The number of benzene rings is 1. The molecule has 2 aromatic heterocycles. The smallest absolute Gasteiger partial charge is 0.231 e. The van der Waals surface area contributed by atoms with Crippen LogP contribution in [0.15, 0.2) is 28.5 Å². The number of rotatable bonds is 6. The van der Waals surface area contributed by atoms with Gasteiger partial charge < -0.3 is 19.4 Å². The first-order valence-electron chi connectivity index (χ1n) is 8.79. The number of fused-ring (bicyclic) bond motifs is 2. The summed E-state index contributed by atoms with van der Waals surface area (Å²) in [6, 6.07) is 4.07. The Labute approximate surface area is 156 Å². The zero-order chi connectivity index (χ0) is 18.1. The molecule has 0 atom stereocenters. The SMILES string of the molecule is CCc1cc2c(cc1Sc1nc3ncnc(N(CC)CC)c3[nH]1)OCO2. The highest BCUT2D eigenvalue weighted by atomic mass is 32.2. The van der Waals surface area contributed by atoms with Crippen LogP contribution in [0.25, 0.3) is 11.2 Å². The molecule has 1 N–H and O–H groups in total. The third kappa shape index (κ3) is 2.94. The minimum Gasteiger partial charge on any atom is -0.454 e. The average Bonchev–Trinajstić information content (AvgIpc) is 3.28. The highest BCUT2D eigenvalue weighted by molar-refractivity contribution is 7.99. The van der Waals surface area contributed by atoms with Crippen LogP contribution in [0.4, 0.5) is 5.82 Å². The first-order chi connectivity index (χ1) is 12.7. The number of hydrogen-bond acceptors (Lipinski definition) is 7. The Bertz CT molecular complexity index is 939. The van der Waals surface area contributed by atoms with E-state index >= 15 is 0 Å². The Morgan fingerprint density at radius 1 is 1.12 bits per heavy atom. The van der Waals surface area contributed by atoms with Gasteiger partial charge in [-0.05, 0) is 38.0 Å². The molecule has 0 aliphatic carbocycles. The number of aromatic amines is 1. The summed E-state index contributed by atoms with van der Waals surface area (Å²) in [7, 11) is 0. The van der Waals surface area contributed by atoms with Crippen LogP contribution < -0.4 is 14.4 Å². The third-order valence-electron chi connectivity index (χ3n) is 4.45. The molecule has 136 valence electrons. The average molecular weight is 371 g/mol. The van der Waals surface area contributed by atoms with Crippen molar-refractivity contribution in [2.75, 3.05) is 24.8 Å². The van der Waals surface area contributed by atoms with Gasteiger partial charge >= 0.3 is 0 Å². The molecule has 0 fully saturated rings. The topological polar surface area (TPSA) is 76.2 Å². The van der Waals surface area contributed by atoms with E-state index in [1.54, 1.807) is 18.1 Å². The van der Waals surface area contributed by atoms with Crippen LogP contribution in [0.3, 0.4) is 0 Å². The van der Waals surface area contributed by atoms with Crippen LogP contribution in [0.5, 0.6) is 11.5 Å². The standard InChI is InChI=1S/C18H21N5O2S/c1-4-11-7-12-13(25-10-24-12)8-14(11)26-18-21-15-16(22-18)19-9-20-17(15)23(5-2)6-3/h7-9H,4-6,10H2,1-3H3,(H,19,20,21,22). The van der Waals surface area contributed by atoms with Crippen molar-refractivity contribution in [1.29, 1.82) is 0 Å². The molecule has 8 heteroatoms. The van der Waals surface area contributed by atoms with Gasteiger partial charge in [0.15, 0.2) is 28.1 Å². The first-order valence-corrected chi connectivity index (χ1v) is 9.61. The fourth-order valence-corrected chi connectivity index (χ4v) is 4.04. The lowest BCUT2D eigenvalue weighted by atomic mass is 10.1. The minimum absolute atomic E-state index is 0.278. The summed E-state index contributed by atoms with van der Waals surface area (Å²) in [5.74, 6) is 2.48. The number of nitrogens with one attached hydrogen (secondary N) is 1. The zero-order valence-corrected chi connectivity index (χ0v) is 15.9. The van der Waals surface area contributed by atoms with E-state index in [2.05, 4.69) is 51.7 Å². The van der Waals surface area contributed by atoms with Gasteiger partial charge in [-0.25, -0.2) is 15.0 Å². The molecular formula is C18H21N5O2S. The van der Waals surface area contributed by atoms with Gasteiger partial charge in [-0.2, -0.15) is 0 Å². The fraction of sp³-hybridized carbons (Fsp3) is 0.389. The molecule has 4 rings (SSSR count). The van der Waals surface area contributed by atoms with E-state index in [1.165, 1.54) is 5.56 Å². The quantitative estimate of drug-likeness (QED) is 0.709. The van der Waals surface area contributed by atoms with E-state index in [0.717, 1.165) is 52.4 Å². The van der Waals surface area contributed by atoms with Crippen LogP contribution in [0.1, 0.15) is 26.3 Å². The van der Waals surface area contributed by atoms with E-state index < -0.39 is 0 Å². The predicted octanol–water partition coefficient (Wildman–Crippen LogP) is 3.64. The number of anilines is 1. The van der Waals surface area contributed by atoms with Crippen molar-refractivity contribution in [2.45, 2.75) is 37.2 Å². The molecule has 1 aliphatic heterocycles. The van der Waals surface area contributed by atoms with Gasteiger partial charge in [-0.3, -0.25) is 0 Å². The summed E-state index contributed by atoms with van der Waals surface area (Å²) < 4.78 is 11.0. The van der Waals surface area contributed by atoms with Crippen molar-refractivity contribution in [3.63, 3.8) is 0 Å². The van der Waals surface area contributed by atoms with Crippen molar-refractivity contribution in [3.05, 3.63) is 24.0 Å². The molecule has 7 nitrogen and oxygen atoms in total. The Kier molecular flexibility index (Phi) is 4.58. The molecule has 3 aromatic rings. The molecule has 0 unspecified atom stereocenters.